The molecule has 61 heavy (non-hydrogen) atoms. The van der Waals surface area contributed by atoms with Gasteiger partial charge in [0.05, 0.1) is 0 Å². The Morgan fingerprint density at radius 2 is 0.590 bits per heavy atom. The molecule has 0 aliphatic heterocycles. The minimum Gasteiger partial charge on any atom is -0.462 e. The molecule has 6 nitrogen and oxygen atoms in total. The van der Waals surface area contributed by atoms with Crippen LogP contribution in [0.4, 0.5) is 0 Å². The summed E-state index contributed by atoms with van der Waals surface area (Å²) in [6.45, 7) is 6.63. The molecule has 0 aliphatic carbocycles. The van der Waals surface area contributed by atoms with Gasteiger partial charge < -0.3 is 14.2 Å². The molecule has 0 aromatic rings. The molecule has 0 aliphatic rings. The van der Waals surface area contributed by atoms with Crippen LogP contribution >= 0.6 is 0 Å². The van der Waals surface area contributed by atoms with Crippen molar-refractivity contribution < 1.29 is 28.6 Å². The SMILES string of the molecule is CCCCC/C=C\C/C=C\CCCCCCCC(=O)O[C@@H](COC(=O)CCCCCCCCCCCCCCC)COC(=O)CCCCCCCCCCCCCCCCC. The van der Waals surface area contributed by atoms with Gasteiger partial charge in [-0.3, -0.25) is 14.4 Å². The zero-order chi connectivity index (χ0) is 44.4. The maximum absolute atomic E-state index is 12.8. The highest BCUT2D eigenvalue weighted by atomic mass is 16.6. The van der Waals surface area contributed by atoms with Gasteiger partial charge in [-0.25, -0.2) is 0 Å². The summed E-state index contributed by atoms with van der Waals surface area (Å²) < 4.78 is 16.8. The summed E-state index contributed by atoms with van der Waals surface area (Å²) >= 11 is 0. The molecule has 0 saturated heterocycles. The number of allylic oxidation sites excluding steroid dienone is 4. The van der Waals surface area contributed by atoms with Crippen molar-refractivity contribution in [3.63, 3.8) is 0 Å². The first-order chi connectivity index (χ1) is 30.0. The second-order valence-corrected chi connectivity index (χ2v) is 18.2. The molecule has 0 fully saturated rings. The van der Waals surface area contributed by atoms with Crippen molar-refractivity contribution in [3.05, 3.63) is 24.3 Å². The van der Waals surface area contributed by atoms with Crippen LogP contribution in [-0.2, 0) is 28.6 Å². The van der Waals surface area contributed by atoms with Crippen LogP contribution in [0.3, 0.4) is 0 Å². The van der Waals surface area contributed by atoms with Gasteiger partial charge in [0.2, 0.25) is 0 Å². The van der Waals surface area contributed by atoms with Crippen LogP contribution in [0.5, 0.6) is 0 Å². The van der Waals surface area contributed by atoms with Crippen molar-refractivity contribution in [2.45, 2.75) is 297 Å². The van der Waals surface area contributed by atoms with Crippen LogP contribution in [0.1, 0.15) is 290 Å². The van der Waals surface area contributed by atoms with Crippen LogP contribution in [0.2, 0.25) is 0 Å². The molecule has 0 spiro atoms. The third-order valence-electron chi connectivity index (χ3n) is 12.0. The topological polar surface area (TPSA) is 78.9 Å². The van der Waals surface area contributed by atoms with E-state index in [0.717, 1.165) is 77.0 Å². The summed E-state index contributed by atoms with van der Waals surface area (Å²) in [5, 5.41) is 0. The second-order valence-electron chi connectivity index (χ2n) is 18.2. The van der Waals surface area contributed by atoms with Crippen LogP contribution < -0.4 is 0 Å². The van der Waals surface area contributed by atoms with E-state index >= 15 is 0 Å². The van der Waals surface area contributed by atoms with E-state index in [1.54, 1.807) is 0 Å². The van der Waals surface area contributed by atoms with E-state index in [0.29, 0.717) is 19.3 Å². The predicted octanol–water partition coefficient (Wildman–Crippen LogP) is 17.5. The van der Waals surface area contributed by atoms with Crippen LogP contribution in [-0.4, -0.2) is 37.2 Å². The monoisotopic (exact) mass is 859 g/mol. The predicted molar refractivity (Wildman–Crippen MR) is 261 cm³/mol. The van der Waals surface area contributed by atoms with Crippen molar-refractivity contribution >= 4 is 17.9 Å². The third kappa shape index (κ3) is 48.8. The van der Waals surface area contributed by atoms with E-state index < -0.39 is 6.10 Å². The van der Waals surface area contributed by atoms with Crippen LogP contribution in [0.15, 0.2) is 24.3 Å². The Morgan fingerprint density at radius 3 is 0.934 bits per heavy atom. The Morgan fingerprint density at radius 1 is 0.328 bits per heavy atom. The van der Waals surface area contributed by atoms with E-state index in [1.807, 2.05) is 0 Å². The molecule has 0 aromatic heterocycles. The number of esters is 3. The average molecular weight is 859 g/mol. The maximum atomic E-state index is 12.8. The molecule has 0 rings (SSSR count). The van der Waals surface area contributed by atoms with Gasteiger partial charge >= 0.3 is 17.9 Å². The number of hydrogen-bond acceptors (Lipinski definition) is 6. The van der Waals surface area contributed by atoms with Crippen molar-refractivity contribution in [2.24, 2.45) is 0 Å². The van der Waals surface area contributed by atoms with Crippen molar-refractivity contribution in [1.82, 2.24) is 0 Å². The average Bonchev–Trinajstić information content (AvgIpc) is 3.26. The zero-order valence-electron chi connectivity index (χ0n) is 40.9. The summed E-state index contributed by atoms with van der Waals surface area (Å²) in [7, 11) is 0. The van der Waals surface area contributed by atoms with E-state index in [-0.39, 0.29) is 31.1 Å². The van der Waals surface area contributed by atoms with Crippen molar-refractivity contribution in [1.29, 1.82) is 0 Å². The molecule has 0 radical (unpaired) electrons. The highest BCUT2D eigenvalue weighted by molar-refractivity contribution is 5.71. The van der Waals surface area contributed by atoms with E-state index in [2.05, 4.69) is 45.1 Å². The van der Waals surface area contributed by atoms with Crippen LogP contribution in [0, 0.1) is 0 Å². The molecule has 0 amide bonds. The van der Waals surface area contributed by atoms with Gasteiger partial charge in [-0.15, -0.1) is 0 Å². The second kappa shape index (κ2) is 50.5. The molecule has 0 heterocycles. The molecule has 1 atom stereocenters. The van der Waals surface area contributed by atoms with E-state index in [9.17, 15) is 14.4 Å². The van der Waals surface area contributed by atoms with Crippen molar-refractivity contribution in [2.75, 3.05) is 13.2 Å². The first-order valence-electron chi connectivity index (χ1n) is 26.8. The summed E-state index contributed by atoms with van der Waals surface area (Å²) in [4.78, 5) is 38.0. The quantitative estimate of drug-likeness (QED) is 0.0262. The fraction of sp³-hybridized carbons (Fsp3) is 0.873. The molecule has 0 bridgehead atoms. The molecule has 358 valence electrons. The Labute approximate surface area is 379 Å². The van der Waals surface area contributed by atoms with Gasteiger partial charge in [0, 0.05) is 19.3 Å². The number of hydrogen-bond donors (Lipinski definition) is 0. The highest BCUT2D eigenvalue weighted by Crippen LogP contribution is 2.16. The molecular weight excluding hydrogens is 757 g/mol. The Hall–Kier alpha value is -2.11. The lowest BCUT2D eigenvalue weighted by molar-refractivity contribution is -0.167. The number of carbonyl (C=O) groups excluding carboxylic acids is 3. The lowest BCUT2D eigenvalue weighted by Gasteiger charge is -2.18. The van der Waals surface area contributed by atoms with E-state index in [4.69, 9.17) is 14.2 Å². The highest BCUT2D eigenvalue weighted by Gasteiger charge is 2.19. The standard InChI is InChI=1S/C55H102O6/c1-4-7-10-13-16-19-22-25-27-30-33-36-39-42-45-48-54(57)60-51-52(50-59-53(56)47-44-41-38-35-32-29-24-21-18-15-12-9-6-3)61-55(58)49-46-43-40-37-34-31-28-26-23-20-17-14-11-8-5-2/h17,20,26,28,52H,4-16,18-19,21-25,27,29-51H2,1-3H3/b20-17-,28-26-/t52-/m0/s1. The summed E-state index contributed by atoms with van der Waals surface area (Å²) in [5.74, 6) is -0.869. The van der Waals surface area contributed by atoms with Crippen LogP contribution in [0.25, 0.3) is 0 Å². The van der Waals surface area contributed by atoms with Gasteiger partial charge in [0.15, 0.2) is 6.10 Å². The zero-order valence-corrected chi connectivity index (χ0v) is 40.9. The smallest absolute Gasteiger partial charge is 0.306 e. The van der Waals surface area contributed by atoms with Gasteiger partial charge in [-0.2, -0.15) is 0 Å². The minimum absolute atomic E-state index is 0.0719. The maximum Gasteiger partial charge on any atom is 0.306 e. The minimum atomic E-state index is -0.772. The molecule has 6 heteroatoms. The summed E-state index contributed by atoms with van der Waals surface area (Å²) in [5.41, 5.74) is 0. The molecule has 0 N–H and O–H groups in total. The Balaban J connectivity index is 4.35. The number of carbonyl (C=O) groups is 3. The number of rotatable bonds is 49. The first kappa shape index (κ1) is 58.9. The molecule has 0 aromatic carbocycles. The Kier molecular flexibility index (Phi) is 48.8. The first-order valence-corrected chi connectivity index (χ1v) is 26.8. The van der Waals surface area contributed by atoms with E-state index in [1.165, 1.54) is 173 Å². The molecular formula is C55H102O6. The summed E-state index contributed by atoms with van der Waals surface area (Å²) in [6, 6.07) is 0. The fourth-order valence-electron chi connectivity index (χ4n) is 7.89. The Bertz CT molecular complexity index is 989. The largest absolute Gasteiger partial charge is 0.462 e. The lowest BCUT2D eigenvalue weighted by Crippen LogP contribution is -2.30. The molecule has 0 unspecified atom stereocenters. The van der Waals surface area contributed by atoms with Gasteiger partial charge in [-0.05, 0) is 51.4 Å². The van der Waals surface area contributed by atoms with Gasteiger partial charge in [0.25, 0.3) is 0 Å². The van der Waals surface area contributed by atoms with Crippen molar-refractivity contribution in [3.8, 4) is 0 Å². The normalized spacial score (nSPS) is 12.1. The molecule has 0 saturated carbocycles. The number of ether oxygens (including phenoxy) is 3. The number of unbranched alkanes of at least 4 members (excludes halogenated alkanes) is 34. The van der Waals surface area contributed by atoms with Gasteiger partial charge in [-0.1, -0.05) is 244 Å². The third-order valence-corrected chi connectivity index (χ3v) is 12.0. The lowest BCUT2D eigenvalue weighted by atomic mass is 10.0. The van der Waals surface area contributed by atoms with Gasteiger partial charge in [0.1, 0.15) is 13.2 Å². The summed E-state index contributed by atoms with van der Waals surface area (Å²) in [6.07, 6.45) is 57.3. The fourth-order valence-corrected chi connectivity index (χ4v) is 7.89.